The molecule has 0 radical (unpaired) electrons. The molecule has 1 heterocycles. The number of morpholine rings is 1. The number of nitrogens with zero attached hydrogens (tertiary/aromatic N) is 1. The first-order chi connectivity index (χ1) is 18.4. The quantitative estimate of drug-likeness (QED) is 0.260. The molecule has 1 aliphatic rings. The third-order valence-corrected chi connectivity index (χ3v) is 6.28. The van der Waals surface area contributed by atoms with Crippen LogP contribution < -0.4 is 16.0 Å². The molecule has 204 valence electrons. The molecule has 1 atom stereocenters. The standard InChI is InChI=1S/C26H22ClF3N4O5/c1-14-2-5-17(12-21(14)33-25(36)20-11-16(27)4-7-22(20)34(37)38)32-24(35)19-10-15(26(28,29)30)3-6-18(19)23-13-31-8-9-39-23/h2-7,10-12,23,31H,8-9,13H2,1H3,(H,32,35)(H,33,36). The molecule has 0 aliphatic carbocycles. The first-order valence-electron chi connectivity index (χ1n) is 11.6. The molecule has 0 saturated carbocycles. The SMILES string of the molecule is Cc1ccc(NC(=O)c2cc(C(F)(F)F)ccc2C2CNCCO2)cc1NC(=O)c1cc(Cl)ccc1[N+](=O)[O-]. The van der Waals surface area contributed by atoms with Crippen molar-refractivity contribution in [2.75, 3.05) is 30.3 Å². The third kappa shape index (κ3) is 6.53. The molecule has 0 spiro atoms. The van der Waals surface area contributed by atoms with Crippen molar-refractivity contribution in [1.82, 2.24) is 5.32 Å². The number of anilines is 2. The molecule has 9 nitrogen and oxygen atoms in total. The van der Waals surface area contributed by atoms with E-state index >= 15 is 0 Å². The maximum Gasteiger partial charge on any atom is 0.416 e. The van der Waals surface area contributed by atoms with Gasteiger partial charge in [0, 0.05) is 41.1 Å². The number of nitro groups is 1. The van der Waals surface area contributed by atoms with Gasteiger partial charge in [0.05, 0.1) is 23.2 Å². The molecule has 0 bridgehead atoms. The first-order valence-corrected chi connectivity index (χ1v) is 12.0. The maximum atomic E-state index is 13.4. The molecule has 1 fully saturated rings. The van der Waals surface area contributed by atoms with E-state index in [1.165, 1.54) is 24.3 Å². The number of alkyl halides is 3. The Morgan fingerprint density at radius 2 is 1.79 bits per heavy atom. The molecule has 3 aromatic carbocycles. The summed E-state index contributed by atoms with van der Waals surface area (Å²) in [5.41, 5.74) is -0.663. The minimum absolute atomic E-state index is 0.123. The zero-order valence-corrected chi connectivity index (χ0v) is 21.2. The highest BCUT2D eigenvalue weighted by atomic mass is 35.5. The van der Waals surface area contributed by atoms with Crippen molar-refractivity contribution in [3.63, 3.8) is 0 Å². The molecule has 2 amide bonds. The van der Waals surface area contributed by atoms with Crippen LogP contribution in [0.1, 0.15) is 43.5 Å². The van der Waals surface area contributed by atoms with Gasteiger partial charge in [0.25, 0.3) is 17.5 Å². The fourth-order valence-electron chi connectivity index (χ4n) is 4.05. The fraction of sp³-hybridized carbons (Fsp3) is 0.231. The largest absolute Gasteiger partial charge is 0.416 e. The average molecular weight is 563 g/mol. The van der Waals surface area contributed by atoms with Gasteiger partial charge in [-0.25, -0.2) is 0 Å². The Hall–Kier alpha value is -4.00. The molecule has 1 aliphatic heterocycles. The monoisotopic (exact) mass is 562 g/mol. The Balaban J connectivity index is 1.62. The molecular weight excluding hydrogens is 541 g/mol. The molecule has 1 saturated heterocycles. The molecule has 3 aromatic rings. The van der Waals surface area contributed by atoms with Gasteiger partial charge in [-0.15, -0.1) is 0 Å². The van der Waals surface area contributed by atoms with Gasteiger partial charge in [-0.2, -0.15) is 13.2 Å². The first kappa shape index (κ1) is 28.0. The summed E-state index contributed by atoms with van der Waals surface area (Å²) in [6.45, 7) is 2.89. The molecule has 39 heavy (non-hydrogen) atoms. The van der Waals surface area contributed by atoms with Gasteiger partial charge in [-0.3, -0.25) is 19.7 Å². The van der Waals surface area contributed by atoms with E-state index in [4.69, 9.17) is 16.3 Å². The average Bonchev–Trinajstić information content (AvgIpc) is 2.90. The van der Waals surface area contributed by atoms with Crippen molar-refractivity contribution in [2.24, 2.45) is 0 Å². The van der Waals surface area contributed by atoms with Crippen LogP contribution in [0.15, 0.2) is 54.6 Å². The van der Waals surface area contributed by atoms with E-state index in [0.717, 1.165) is 24.3 Å². The summed E-state index contributed by atoms with van der Waals surface area (Å²) in [6, 6.07) is 10.9. The summed E-state index contributed by atoms with van der Waals surface area (Å²) in [5, 5.41) is 19.7. The highest BCUT2D eigenvalue weighted by Gasteiger charge is 2.33. The van der Waals surface area contributed by atoms with Crippen LogP contribution in [0.2, 0.25) is 5.02 Å². The summed E-state index contributed by atoms with van der Waals surface area (Å²) in [5.74, 6) is -1.62. The van der Waals surface area contributed by atoms with Gasteiger partial charge in [0.2, 0.25) is 0 Å². The van der Waals surface area contributed by atoms with Gasteiger partial charge < -0.3 is 20.7 Å². The lowest BCUT2D eigenvalue weighted by Gasteiger charge is -2.26. The van der Waals surface area contributed by atoms with Crippen LogP contribution >= 0.6 is 11.6 Å². The van der Waals surface area contributed by atoms with E-state index in [1.807, 2.05) is 0 Å². The number of halogens is 4. The van der Waals surface area contributed by atoms with E-state index in [9.17, 15) is 32.9 Å². The van der Waals surface area contributed by atoms with Crippen LogP contribution in [0.4, 0.5) is 30.2 Å². The topological polar surface area (TPSA) is 123 Å². The number of rotatable bonds is 6. The zero-order valence-electron chi connectivity index (χ0n) is 20.4. The molecule has 0 aromatic heterocycles. The lowest BCUT2D eigenvalue weighted by molar-refractivity contribution is -0.385. The molecule has 1 unspecified atom stereocenters. The normalized spacial score (nSPS) is 15.5. The molecule has 3 N–H and O–H groups in total. The Kier molecular flexibility index (Phi) is 8.19. The predicted octanol–water partition coefficient (Wildman–Crippen LogP) is 5.74. The number of hydrogen-bond acceptors (Lipinski definition) is 6. The van der Waals surface area contributed by atoms with E-state index in [2.05, 4.69) is 16.0 Å². The number of nitrogens with one attached hydrogen (secondary N) is 3. The van der Waals surface area contributed by atoms with Crippen molar-refractivity contribution in [2.45, 2.75) is 19.2 Å². The van der Waals surface area contributed by atoms with Gasteiger partial charge in [-0.05, 0) is 54.4 Å². The molecular formula is C26H22ClF3N4O5. The van der Waals surface area contributed by atoms with Crippen LogP contribution in [0.5, 0.6) is 0 Å². The van der Waals surface area contributed by atoms with Gasteiger partial charge in [0.1, 0.15) is 5.56 Å². The number of carbonyl (C=O) groups excluding carboxylic acids is 2. The Morgan fingerprint density at radius 1 is 1.05 bits per heavy atom. The number of ether oxygens (including phenoxy) is 1. The fourth-order valence-corrected chi connectivity index (χ4v) is 4.22. The zero-order chi connectivity index (χ0) is 28.3. The van der Waals surface area contributed by atoms with E-state index in [1.54, 1.807) is 13.0 Å². The van der Waals surface area contributed by atoms with E-state index in [0.29, 0.717) is 30.8 Å². The summed E-state index contributed by atoms with van der Waals surface area (Å²) < 4.78 is 45.9. The minimum Gasteiger partial charge on any atom is -0.371 e. The van der Waals surface area contributed by atoms with Crippen LogP contribution in [-0.2, 0) is 10.9 Å². The van der Waals surface area contributed by atoms with E-state index in [-0.39, 0.29) is 27.5 Å². The van der Waals surface area contributed by atoms with E-state index < -0.39 is 40.3 Å². The smallest absolute Gasteiger partial charge is 0.371 e. The second-order valence-electron chi connectivity index (χ2n) is 8.72. The number of amides is 2. The lowest BCUT2D eigenvalue weighted by atomic mass is 9.97. The maximum absolute atomic E-state index is 13.4. The highest BCUT2D eigenvalue weighted by Crippen LogP contribution is 2.34. The second-order valence-corrected chi connectivity index (χ2v) is 9.16. The van der Waals surface area contributed by atoms with Crippen molar-refractivity contribution in [3.05, 3.63) is 97.6 Å². The number of benzene rings is 3. The third-order valence-electron chi connectivity index (χ3n) is 6.04. The summed E-state index contributed by atoms with van der Waals surface area (Å²) in [7, 11) is 0. The number of nitro benzene ring substituents is 1. The van der Waals surface area contributed by atoms with Crippen molar-refractivity contribution >= 4 is 40.5 Å². The van der Waals surface area contributed by atoms with Gasteiger partial charge in [-0.1, -0.05) is 23.7 Å². The summed E-state index contributed by atoms with van der Waals surface area (Å²) in [6.07, 6.45) is -5.29. The lowest BCUT2D eigenvalue weighted by Crippen LogP contribution is -2.34. The Bertz CT molecular complexity index is 1440. The number of aryl methyl sites for hydroxylation is 1. The van der Waals surface area contributed by atoms with Crippen LogP contribution in [-0.4, -0.2) is 36.4 Å². The van der Waals surface area contributed by atoms with Crippen molar-refractivity contribution in [3.8, 4) is 0 Å². The van der Waals surface area contributed by atoms with Gasteiger partial charge in [0.15, 0.2) is 0 Å². The summed E-state index contributed by atoms with van der Waals surface area (Å²) in [4.78, 5) is 36.7. The van der Waals surface area contributed by atoms with Crippen LogP contribution in [0.25, 0.3) is 0 Å². The molecule has 13 heteroatoms. The number of carbonyl (C=O) groups is 2. The van der Waals surface area contributed by atoms with Crippen LogP contribution in [0.3, 0.4) is 0 Å². The minimum atomic E-state index is -4.66. The Morgan fingerprint density at radius 3 is 2.46 bits per heavy atom. The van der Waals surface area contributed by atoms with Crippen LogP contribution in [0, 0.1) is 17.0 Å². The summed E-state index contributed by atoms with van der Waals surface area (Å²) >= 11 is 5.92. The second kappa shape index (κ2) is 11.4. The van der Waals surface area contributed by atoms with Gasteiger partial charge >= 0.3 is 6.18 Å². The van der Waals surface area contributed by atoms with Crippen molar-refractivity contribution in [1.29, 1.82) is 0 Å². The predicted molar refractivity (Wildman–Crippen MR) is 138 cm³/mol. The Labute approximate surface area is 225 Å². The number of hydrogen-bond donors (Lipinski definition) is 3. The van der Waals surface area contributed by atoms with Crippen molar-refractivity contribution < 1.29 is 32.4 Å². The highest BCUT2D eigenvalue weighted by molar-refractivity contribution is 6.31. The molecule has 4 rings (SSSR count).